The average molecular weight is 481 g/mol. The molecule has 0 fully saturated rings. The first-order valence-corrected chi connectivity index (χ1v) is 11.6. The SMILES string of the molecule is CN(C)CCOc1ccc2oc(C(=O)N3C[C@@H](CCl)c4c3cc(OO)c3ccccc43)cc2c1. The normalized spacial score (nSPS) is 15.3. The molecule has 0 saturated carbocycles. The standard InChI is InChI=1S/C26H25ClN2O5/c1-28(2)9-10-32-18-7-8-22-16(11-18)12-24(33-22)26(30)29-15-17(14-27)25-20-6-4-3-5-19(20)23(34-31)13-21(25)29/h3-8,11-13,17,31H,9-10,14-15H2,1-2H3/t17-/m1/s1. The molecule has 34 heavy (non-hydrogen) atoms. The number of fused-ring (bicyclic) bond motifs is 4. The van der Waals surface area contributed by atoms with E-state index in [0.29, 0.717) is 30.3 Å². The molecular formula is C26H25ClN2O5. The minimum absolute atomic E-state index is 0.0562. The van der Waals surface area contributed by atoms with Crippen molar-refractivity contribution >= 4 is 44.9 Å². The van der Waals surface area contributed by atoms with Gasteiger partial charge in [0, 0.05) is 41.7 Å². The molecule has 0 saturated heterocycles. The second-order valence-corrected chi connectivity index (χ2v) is 8.98. The summed E-state index contributed by atoms with van der Waals surface area (Å²) < 4.78 is 11.7. The van der Waals surface area contributed by atoms with Gasteiger partial charge < -0.3 is 23.8 Å². The third-order valence-electron chi connectivity index (χ3n) is 6.16. The zero-order chi connectivity index (χ0) is 23.8. The van der Waals surface area contributed by atoms with Gasteiger partial charge in [-0.15, -0.1) is 11.6 Å². The number of ether oxygens (including phenoxy) is 1. The fraction of sp³-hybridized carbons (Fsp3) is 0.269. The molecule has 1 atom stereocenters. The van der Waals surface area contributed by atoms with Crippen molar-refractivity contribution in [1.82, 2.24) is 4.90 Å². The van der Waals surface area contributed by atoms with E-state index in [1.807, 2.05) is 61.5 Å². The lowest BCUT2D eigenvalue weighted by Gasteiger charge is -2.17. The smallest absolute Gasteiger partial charge is 0.294 e. The van der Waals surface area contributed by atoms with Crippen molar-refractivity contribution in [3.8, 4) is 11.5 Å². The van der Waals surface area contributed by atoms with E-state index in [-0.39, 0.29) is 23.3 Å². The molecule has 2 heterocycles. The van der Waals surface area contributed by atoms with Crippen LogP contribution in [0.1, 0.15) is 22.0 Å². The number of alkyl halides is 1. The maximum atomic E-state index is 13.6. The monoisotopic (exact) mass is 480 g/mol. The van der Waals surface area contributed by atoms with E-state index in [1.165, 1.54) is 0 Å². The summed E-state index contributed by atoms with van der Waals surface area (Å²) in [5.74, 6) is 1.25. The summed E-state index contributed by atoms with van der Waals surface area (Å²) in [5.41, 5.74) is 2.23. The van der Waals surface area contributed by atoms with Crippen LogP contribution in [0, 0.1) is 0 Å². The lowest BCUT2D eigenvalue weighted by atomic mass is 9.95. The van der Waals surface area contributed by atoms with Crippen LogP contribution < -0.4 is 14.5 Å². The largest absolute Gasteiger partial charge is 0.492 e. The molecule has 7 nitrogen and oxygen atoms in total. The lowest BCUT2D eigenvalue weighted by Crippen LogP contribution is -2.29. The second kappa shape index (κ2) is 9.18. The summed E-state index contributed by atoms with van der Waals surface area (Å²) in [4.78, 5) is 21.9. The van der Waals surface area contributed by atoms with Crippen LogP contribution in [-0.4, -0.2) is 55.7 Å². The highest BCUT2D eigenvalue weighted by Gasteiger charge is 2.36. The van der Waals surface area contributed by atoms with Crippen molar-refractivity contribution in [3.63, 3.8) is 0 Å². The maximum Gasteiger partial charge on any atom is 0.294 e. The van der Waals surface area contributed by atoms with Crippen LogP contribution in [0.15, 0.2) is 59.0 Å². The third kappa shape index (κ3) is 3.96. The van der Waals surface area contributed by atoms with Gasteiger partial charge in [-0.3, -0.25) is 4.79 Å². The van der Waals surface area contributed by atoms with Gasteiger partial charge >= 0.3 is 0 Å². The Hall–Kier alpha value is -3.26. The topological polar surface area (TPSA) is 75.4 Å². The number of benzene rings is 3. The van der Waals surface area contributed by atoms with Crippen molar-refractivity contribution < 1.29 is 24.1 Å². The molecule has 0 bridgehead atoms. The molecule has 0 spiro atoms. The summed E-state index contributed by atoms with van der Waals surface area (Å²) in [7, 11) is 3.98. The Kier molecular flexibility index (Phi) is 6.08. The average Bonchev–Trinajstić information content (AvgIpc) is 3.44. The summed E-state index contributed by atoms with van der Waals surface area (Å²) in [6, 6.07) is 16.5. The van der Waals surface area contributed by atoms with E-state index in [0.717, 1.165) is 34.0 Å². The van der Waals surface area contributed by atoms with Gasteiger partial charge in [-0.1, -0.05) is 24.3 Å². The summed E-state index contributed by atoms with van der Waals surface area (Å²) in [5, 5.41) is 11.9. The van der Waals surface area contributed by atoms with Gasteiger partial charge in [0.05, 0.1) is 5.69 Å². The minimum atomic E-state index is -0.278. The van der Waals surface area contributed by atoms with Crippen LogP contribution in [0.2, 0.25) is 0 Å². The number of likely N-dealkylation sites (N-methyl/N-ethyl adjacent to an activating group) is 1. The first-order valence-electron chi connectivity index (χ1n) is 11.1. The zero-order valence-corrected chi connectivity index (χ0v) is 19.7. The first-order chi connectivity index (χ1) is 16.5. The molecule has 5 rings (SSSR count). The predicted molar refractivity (Wildman–Crippen MR) is 133 cm³/mol. The van der Waals surface area contributed by atoms with Gasteiger partial charge in [-0.2, -0.15) is 0 Å². The van der Waals surface area contributed by atoms with E-state index < -0.39 is 0 Å². The van der Waals surface area contributed by atoms with E-state index in [4.69, 9.17) is 20.8 Å². The molecule has 0 aliphatic carbocycles. The van der Waals surface area contributed by atoms with Crippen LogP contribution in [0.3, 0.4) is 0 Å². The van der Waals surface area contributed by atoms with Crippen molar-refractivity contribution in [2.45, 2.75) is 5.92 Å². The van der Waals surface area contributed by atoms with E-state index in [2.05, 4.69) is 4.89 Å². The molecule has 1 amide bonds. The Morgan fingerprint density at radius 2 is 1.97 bits per heavy atom. The zero-order valence-electron chi connectivity index (χ0n) is 19.0. The van der Waals surface area contributed by atoms with E-state index in [1.54, 1.807) is 17.0 Å². The molecule has 3 aromatic carbocycles. The maximum absolute atomic E-state index is 13.6. The number of anilines is 1. The molecule has 1 aromatic heterocycles. The number of halogens is 1. The quantitative estimate of drug-likeness (QED) is 0.218. The Morgan fingerprint density at radius 1 is 1.18 bits per heavy atom. The molecule has 176 valence electrons. The number of carbonyl (C=O) groups is 1. The van der Waals surface area contributed by atoms with Crippen LogP contribution in [-0.2, 0) is 0 Å². The second-order valence-electron chi connectivity index (χ2n) is 8.67. The number of rotatable bonds is 7. The van der Waals surface area contributed by atoms with Crippen LogP contribution >= 0.6 is 11.6 Å². The van der Waals surface area contributed by atoms with Crippen molar-refractivity contribution in [2.24, 2.45) is 0 Å². The summed E-state index contributed by atoms with van der Waals surface area (Å²) in [6.45, 7) is 1.78. The van der Waals surface area contributed by atoms with E-state index >= 15 is 0 Å². The molecule has 8 heteroatoms. The highest BCUT2D eigenvalue weighted by atomic mass is 35.5. The van der Waals surface area contributed by atoms with Gasteiger partial charge in [0.1, 0.15) is 17.9 Å². The van der Waals surface area contributed by atoms with Crippen LogP contribution in [0.25, 0.3) is 21.7 Å². The number of furan rings is 1. The molecule has 4 aromatic rings. The van der Waals surface area contributed by atoms with Crippen LogP contribution in [0.5, 0.6) is 11.5 Å². The predicted octanol–water partition coefficient (Wildman–Crippen LogP) is 5.36. The number of amides is 1. The van der Waals surface area contributed by atoms with Gasteiger partial charge in [0.2, 0.25) is 0 Å². The Morgan fingerprint density at radius 3 is 2.71 bits per heavy atom. The lowest BCUT2D eigenvalue weighted by molar-refractivity contribution is -0.136. The van der Waals surface area contributed by atoms with Gasteiger partial charge in [-0.05, 0) is 49.3 Å². The van der Waals surface area contributed by atoms with Crippen molar-refractivity contribution in [3.05, 3.63) is 65.9 Å². The Balaban J connectivity index is 1.49. The molecule has 1 N–H and O–H groups in total. The number of nitrogens with zero attached hydrogens (tertiary/aromatic N) is 2. The third-order valence-corrected chi connectivity index (χ3v) is 6.54. The van der Waals surface area contributed by atoms with Crippen molar-refractivity contribution in [2.75, 3.05) is 44.6 Å². The summed E-state index contributed by atoms with van der Waals surface area (Å²) in [6.07, 6.45) is 0. The minimum Gasteiger partial charge on any atom is -0.492 e. The van der Waals surface area contributed by atoms with E-state index in [9.17, 15) is 10.1 Å². The number of carbonyl (C=O) groups excluding carboxylic acids is 1. The number of hydrogen-bond acceptors (Lipinski definition) is 6. The van der Waals surface area contributed by atoms with Gasteiger partial charge in [0.25, 0.3) is 5.91 Å². The number of hydrogen-bond donors (Lipinski definition) is 1. The molecule has 1 aliphatic heterocycles. The highest BCUT2D eigenvalue weighted by molar-refractivity contribution is 6.19. The Labute approximate surface area is 201 Å². The molecule has 0 unspecified atom stereocenters. The first kappa shape index (κ1) is 22.5. The molecule has 1 aliphatic rings. The fourth-order valence-corrected chi connectivity index (χ4v) is 4.75. The summed E-state index contributed by atoms with van der Waals surface area (Å²) >= 11 is 6.31. The van der Waals surface area contributed by atoms with Gasteiger partial charge in [0.15, 0.2) is 11.5 Å². The molecule has 0 radical (unpaired) electrons. The molecular weight excluding hydrogens is 456 g/mol. The van der Waals surface area contributed by atoms with Crippen LogP contribution in [0.4, 0.5) is 5.69 Å². The Bertz CT molecular complexity index is 1370. The van der Waals surface area contributed by atoms with Crippen molar-refractivity contribution in [1.29, 1.82) is 0 Å². The van der Waals surface area contributed by atoms with Gasteiger partial charge in [-0.25, -0.2) is 5.26 Å². The highest BCUT2D eigenvalue weighted by Crippen LogP contribution is 2.46. The fourth-order valence-electron chi connectivity index (χ4n) is 4.50.